The quantitative estimate of drug-likeness (QED) is 0.342. The van der Waals surface area contributed by atoms with Crippen LogP contribution in [0.3, 0.4) is 0 Å². The molecular weight excluding hydrogens is 456 g/mol. The summed E-state index contributed by atoms with van der Waals surface area (Å²) < 4.78 is 11.6. The Balaban J connectivity index is 1.41. The van der Waals surface area contributed by atoms with E-state index in [1.165, 1.54) is 0 Å². The summed E-state index contributed by atoms with van der Waals surface area (Å²) in [5, 5.41) is 5.67. The van der Waals surface area contributed by atoms with Crippen LogP contribution in [0.4, 0.5) is 5.69 Å². The number of carbonyl (C=O) groups excluding carboxylic acids is 2. The van der Waals surface area contributed by atoms with Crippen LogP contribution in [-0.4, -0.2) is 28.4 Å². The third kappa shape index (κ3) is 6.66. The van der Waals surface area contributed by atoms with Crippen molar-refractivity contribution >= 4 is 17.5 Å². The van der Waals surface area contributed by atoms with Crippen LogP contribution in [0.15, 0.2) is 91.4 Å². The predicted octanol–water partition coefficient (Wildman–Crippen LogP) is 4.64. The second kappa shape index (κ2) is 12.1. The number of aromatic nitrogens is 2. The Morgan fingerprint density at radius 2 is 1.72 bits per heavy atom. The highest BCUT2D eigenvalue weighted by Gasteiger charge is 2.14. The number of hydrogen-bond acceptors (Lipinski definition) is 6. The minimum atomic E-state index is -0.333. The Morgan fingerprint density at radius 1 is 0.833 bits per heavy atom. The smallest absolute Gasteiger partial charge is 0.255 e. The number of benzene rings is 2. The molecule has 36 heavy (non-hydrogen) atoms. The van der Waals surface area contributed by atoms with Gasteiger partial charge in [-0.1, -0.05) is 18.2 Å². The Bertz CT molecular complexity index is 1310. The van der Waals surface area contributed by atoms with Gasteiger partial charge >= 0.3 is 0 Å². The van der Waals surface area contributed by atoms with E-state index in [0.717, 1.165) is 11.3 Å². The number of nitrogens with zero attached hydrogens (tertiary/aromatic N) is 2. The topological polar surface area (TPSA) is 102 Å². The number of carbonyl (C=O) groups is 2. The molecule has 2 aromatic heterocycles. The fourth-order valence-electron chi connectivity index (χ4n) is 3.40. The predicted molar refractivity (Wildman–Crippen MR) is 136 cm³/mol. The van der Waals surface area contributed by atoms with Gasteiger partial charge in [-0.05, 0) is 61.5 Å². The lowest BCUT2D eigenvalue weighted by Crippen LogP contribution is -2.23. The molecule has 0 bridgehead atoms. The minimum Gasteiger partial charge on any atom is -0.490 e. The van der Waals surface area contributed by atoms with Gasteiger partial charge in [0.15, 0.2) is 11.5 Å². The van der Waals surface area contributed by atoms with Crippen molar-refractivity contribution in [2.45, 2.75) is 20.1 Å². The van der Waals surface area contributed by atoms with Gasteiger partial charge in [0.05, 0.1) is 18.8 Å². The number of rotatable bonds is 10. The minimum absolute atomic E-state index is 0.259. The molecule has 4 rings (SSSR count). The van der Waals surface area contributed by atoms with Crippen LogP contribution in [0.1, 0.15) is 38.9 Å². The van der Waals surface area contributed by atoms with Crippen molar-refractivity contribution in [3.63, 3.8) is 0 Å². The standard InChI is InChI=1S/C28H26N4O4/c1-2-35-26-16-22(11-12-25(26)36-19-20-7-6-13-29-17-20)28(34)32-23-10-5-8-21(15-23)27(33)31-18-24-9-3-4-14-30-24/h3-17H,2,18-19H2,1H3,(H,31,33)(H,32,34). The monoisotopic (exact) mass is 482 g/mol. The second-order valence-electron chi connectivity index (χ2n) is 7.78. The molecule has 0 saturated heterocycles. The van der Waals surface area contributed by atoms with E-state index in [1.54, 1.807) is 61.1 Å². The molecule has 8 nitrogen and oxygen atoms in total. The molecule has 2 N–H and O–H groups in total. The van der Waals surface area contributed by atoms with Crippen LogP contribution in [0.5, 0.6) is 11.5 Å². The van der Waals surface area contributed by atoms with Crippen LogP contribution >= 0.6 is 0 Å². The van der Waals surface area contributed by atoms with Crippen molar-refractivity contribution < 1.29 is 19.1 Å². The van der Waals surface area contributed by atoms with Gasteiger partial charge in [-0.2, -0.15) is 0 Å². The molecule has 0 atom stereocenters. The first-order valence-corrected chi connectivity index (χ1v) is 11.5. The summed E-state index contributed by atoms with van der Waals surface area (Å²) in [6.07, 6.45) is 5.11. The molecule has 0 aliphatic heterocycles. The average molecular weight is 483 g/mol. The first kappa shape index (κ1) is 24.4. The zero-order valence-electron chi connectivity index (χ0n) is 19.8. The van der Waals surface area contributed by atoms with Gasteiger partial charge in [-0.15, -0.1) is 0 Å². The molecule has 4 aromatic rings. The van der Waals surface area contributed by atoms with E-state index in [1.807, 2.05) is 37.3 Å². The van der Waals surface area contributed by atoms with E-state index in [0.29, 0.717) is 48.1 Å². The number of anilines is 1. The van der Waals surface area contributed by atoms with Gasteiger partial charge in [0, 0.05) is 41.0 Å². The van der Waals surface area contributed by atoms with E-state index >= 15 is 0 Å². The molecule has 0 saturated carbocycles. The largest absolute Gasteiger partial charge is 0.490 e. The molecule has 0 aliphatic rings. The lowest BCUT2D eigenvalue weighted by Gasteiger charge is -2.14. The fraction of sp³-hybridized carbons (Fsp3) is 0.143. The highest BCUT2D eigenvalue weighted by atomic mass is 16.5. The van der Waals surface area contributed by atoms with Crippen LogP contribution in [0, 0.1) is 0 Å². The SMILES string of the molecule is CCOc1cc(C(=O)Nc2cccc(C(=O)NCc3ccccn3)c2)ccc1OCc1cccnc1. The Kier molecular flexibility index (Phi) is 8.22. The molecule has 2 heterocycles. The number of amides is 2. The van der Waals surface area contributed by atoms with E-state index in [9.17, 15) is 9.59 Å². The number of nitrogens with one attached hydrogen (secondary N) is 2. The van der Waals surface area contributed by atoms with Crippen LogP contribution in [0.25, 0.3) is 0 Å². The van der Waals surface area contributed by atoms with Crippen LogP contribution in [-0.2, 0) is 13.2 Å². The molecule has 0 spiro atoms. The number of hydrogen-bond donors (Lipinski definition) is 2. The molecule has 182 valence electrons. The van der Waals surface area contributed by atoms with E-state index < -0.39 is 0 Å². The first-order valence-electron chi connectivity index (χ1n) is 11.5. The Labute approximate surface area is 209 Å². The summed E-state index contributed by atoms with van der Waals surface area (Å²) in [4.78, 5) is 33.8. The lowest BCUT2D eigenvalue weighted by molar-refractivity contribution is 0.0949. The van der Waals surface area contributed by atoms with Crippen molar-refractivity contribution in [3.05, 3.63) is 114 Å². The van der Waals surface area contributed by atoms with Gasteiger partial charge in [-0.3, -0.25) is 19.6 Å². The molecular formula is C28H26N4O4. The van der Waals surface area contributed by atoms with Crippen LogP contribution in [0.2, 0.25) is 0 Å². The van der Waals surface area contributed by atoms with Gasteiger partial charge < -0.3 is 20.1 Å². The third-order valence-electron chi connectivity index (χ3n) is 5.16. The van der Waals surface area contributed by atoms with Crippen molar-refractivity contribution in [2.75, 3.05) is 11.9 Å². The van der Waals surface area contributed by atoms with E-state index in [-0.39, 0.29) is 11.8 Å². The molecule has 8 heteroatoms. The highest BCUT2D eigenvalue weighted by molar-refractivity contribution is 6.05. The molecule has 2 aromatic carbocycles. The summed E-state index contributed by atoms with van der Waals surface area (Å²) in [5.74, 6) is 0.409. The molecule has 0 aliphatic carbocycles. The van der Waals surface area contributed by atoms with E-state index in [4.69, 9.17) is 9.47 Å². The van der Waals surface area contributed by atoms with Crippen molar-refractivity contribution in [1.82, 2.24) is 15.3 Å². The lowest BCUT2D eigenvalue weighted by atomic mass is 10.1. The summed E-state index contributed by atoms with van der Waals surface area (Å²) in [5.41, 5.74) is 3.01. The number of pyridine rings is 2. The van der Waals surface area contributed by atoms with Crippen molar-refractivity contribution in [2.24, 2.45) is 0 Å². The summed E-state index contributed by atoms with van der Waals surface area (Å²) >= 11 is 0. The normalized spacial score (nSPS) is 10.4. The van der Waals surface area contributed by atoms with Gasteiger partial charge in [0.1, 0.15) is 6.61 Å². The number of ether oxygens (including phenoxy) is 2. The van der Waals surface area contributed by atoms with Gasteiger partial charge in [0.25, 0.3) is 11.8 Å². The Morgan fingerprint density at radius 3 is 2.50 bits per heavy atom. The van der Waals surface area contributed by atoms with Gasteiger partial charge in [0.2, 0.25) is 0 Å². The maximum absolute atomic E-state index is 12.9. The second-order valence-corrected chi connectivity index (χ2v) is 7.78. The summed E-state index contributed by atoms with van der Waals surface area (Å²) in [6.45, 7) is 2.92. The zero-order chi connectivity index (χ0) is 25.2. The molecule has 2 amide bonds. The zero-order valence-corrected chi connectivity index (χ0v) is 19.8. The average Bonchev–Trinajstić information content (AvgIpc) is 2.92. The van der Waals surface area contributed by atoms with Crippen LogP contribution < -0.4 is 20.1 Å². The van der Waals surface area contributed by atoms with E-state index in [2.05, 4.69) is 20.6 Å². The maximum atomic E-state index is 12.9. The van der Waals surface area contributed by atoms with Gasteiger partial charge in [-0.25, -0.2) is 0 Å². The van der Waals surface area contributed by atoms with Crippen molar-refractivity contribution in [1.29, 1.82) is 0 Å². The van der Waals surface area contributed by atoms with Crippen molar-refractivity contribution in [3.8, 4) is 11.5 Å². The summed E-state index contributed by atoms with van der Waals surface area (Å²) in [7, 11) is 0. The maximum Gasteiger partial charge on any atom is 0.255 e. The molecule has 0 unspecified atom stereocenters. The third-order valence-corrected chi connectivity index (χ3v) is 5.16. The Hall–Kier alpha value is -4.72. The molecule has 0 radical (unpaired) electrons. The first-order chi connectivity index (χ1) is 17.6. The summed E-state index contributed by atoms with van der Waals surface area (Å²) in [6, 6.07) is 21.0. The fourth-order valence-corrected chi connectivity index (χ4v) is 3.40. The highest BCUT2D eigenvalue weighted by Crippen LogP contribution is 2.29. The molecule has 0 fully saturated rings.